The standard InChI is InChI=1S/C25H33NO3/c1-18-11-13-23(15-19(18)2)29-17-21-16-20(12-14-24(21)28-3)25(27)26-22-9-7-5-4-6-8-10-22/h11-16,22H,4-10,17H2,1-3H3,(H,26,27). The molecule has 2 aromatic carbocycles. The van der Waals surface area contributed by atoms with E-state index < -0.39 is 0 Å². The molecule has 0 spiro atoms. The molecule has 1 saturated carbocycles. The van der Waals surface area contributed by atoms with Crippen LogP contribution in [0.4, 0.5) is 0 Å². The van der Waals surface area contributed by atoms with Crippen molar-refractivity contribution in [1.29, 1.82) is 0 Å². The van der Waals surface area contributed by atoms with Gasteiger partial charge < -0.3 is 14.8 Å². The summed E-state index contributed by atoms with van der Waals surface area (Å²) in [4.78, 5) is 12.8. The van der Waals surface area contributed by atoms with E-state index in [9.17, 15) is 4.79 Å². The largest absolute Gasteiger partial charge is 0.496 e. The van der Waals surface area contributed by atoms with Gasteiger partial charge in [0.15, 0.2) is 0 Å². The maximum absolute atomic E-state index is 12.8. The number of ether oxygens (including phenoxy) is 2. The number of hydrogen-bond acceptors (Lipinski definition) is 3. The summed E-state index contributed by atoms with van der Waals surface area (Å²) in [7, 11) is 1.64. The van der Waals surface area contributed by atoms with E-state index in [2.05, 4.69) is 25.2 Å². The first-order valence-corrected chi connectivity index (χ1v) is 10.7. The van der Waals surface area contributed by atoms with Crippen molar-refractivity contribution in [1.82, 2.24) is 5.32 Å². The average Bonchev–Trinajstić information content (AvgIpc) is 2.70. The molecule has 0 saturated heterocycles. The Morgan fingerprint density at radius 3 is 2.38 bits per heavy atom. The summed E-state index contributed by atoms with van der Waals surface area (Å²) in [5, 5.41) is 3.23. The van der Waals surface area contributed by atoms with Gasteiger partial charge in [0.05, 0.1) is 7.11 Å². The monoisotopic (exact) mass is 395 g/mol. The van der Waals surface area contributed by atoms with Crippen LogP contribution in [-0.2, 0) is 6.61 Å². The van der Waals surface area contributed by atoms with E-state index in [4.69, 9.17) is 9.47 Å². The smallest absolute Gasteiger partial charge is 0.251 e. The zero-order valence-electron chi connectivity index (χ0n) is 17.9. The molecule has 29 heavy (non-hydrogen) atoms. The van der Waals surface area contributed by atoms with Gasteiger partial charge in [-0.05, 0) is 68.1 Å². The molecule has 156 valence electrons. The number of nitrogens with one attached hydrogen (secondary N) is 1. The van der Waals surface area contributed by atoms with E-state index in [1.807, 2.05) is 30.3 Å². The fourth-order valence-electron chi connectivity index (χ4n) is 3.87. The molecule has 4 heteroatoms. The van der Waals surface area contributed by atoms with Gasteiger partial charge in [0.25, 0.3) is 5.91 Å². The number of hydrogen-bond donors (Lipinski definition) is 1. The third kappa shape index (κ3) is 5.99. The first-order valence-electron chi connectivity index (χ1n) is 10.7. The minimum atomic E-state index is -0.00865. The molecule has 0 heterocycles. The Morgan fingerprint density at radius 1 is 0.966 bits per heavy atom. The van der Waals surface area contributed by atoms with Crippen LogP contribution in [0, 0.1) is 13.8 Å². The van der Waals surface area contributed by atoms with Gasteiger partial charge in [-0.25, -0.2) is 0 Å². The van der Waals surface area contributed by atoms with Gasteiger partial charge in [0.1, 0.15) is 18.1 Å². The molecule has 1 aliphatic carbocycles. The number of carbonyl (C=O) groups excluding carboxylic acids is 1. The van der Waals surface area contributed by atoms with Crippen molar-refractivity contribution >= 4 is 5.91 Å². The summed E-state index contributed by atoms with van der Waals surface area (Å²) in [6.45, 7) is 4.51. The highest BCUT2D eigenvalue weighted by atomic mass is 16.5. The molecule has 0 aliphatic heterocycles. The van der Waals surface area contributed by atoms with E-state index in [0.717, 1.165) is 29.9 Å². The highest BCUT2D eigenvalue weighted by Crippen LogP contribution is 2.24. The Balaban J connectivity index is 1.68. The van der Waals surface area contributed by atoms with Gasteiger partial charge in [0.2, 0.25) is 0 Å². The normalized spacial score (nSPS) is 15.3. The van der Waals surface area contributed by atoms with Gasteiger partial charge >= 0.3 is 0 Å². The molecule has 1 fully saturated rings. The zero-order valence-corrected chi connectivity index (χ0v) is 17.9. The molecule has 3 rings (SSSR count). The summed E-state index contributed by atoms with van der Waals surface area (Å²) >= 11 is 0. The molecule has 0 radical (unpaired) electrons. The molecule has 1 amide bonds. The van der Waals surface area contributed by atoms with Crippen LogP contribution in [0.5, 0.6) is 11.5 Å². The van der Waals surface area contributed by atoms with E-state index >= 15 is 0 Å². The third-order valence-electron chi connectivity index (χ3n) is 5.86. The average molecular weight is 396 g/mol. The summed E-state index contributed by atoms with van der Waals surface area (Å²) < 4.78 is 11.5. The van der Waals surface area contributed by atoms with Crippen LogP contribution in [-0.4, -0.2) is 19.1 Å². The summed E-state index contributed by atoms with van der Waals surface area (Å²) in [6.07, 6.45) is 8.41. The highest BCUT2D eigenvalue weighted by Gasteiger charge is 2.17. The van der Waals surface area contributed by atoms with E-state index in [0.29, 0.717) is 12.2 Å². The second-order valence-electron chi connectivity index (χ2n) is 8.08. The van der Waals surface area contributed by atoms with Crippen LogP contribution in [0.1, 0.15) is 72.0 Å². The fraction of sp³-hybridized carbons (Fsp3) is 0.480. The van der Waals surface area contributed by atoms with Crippen LogP contribution in [0.25, 0.3) is 0 Å². The second-order valence-corrected chi connectivity index (χ2v) is 8.08. The van der Waals surface area contributed by atoms with Gasteiger partial charge in [-0.3, -0.25) is 4.79 Å². The van der Waals surface area contributed by atoms with Crippen molar-refractivity contribution in [3.8, 4) is 11.5 Å². The van der Waals surface area contributed by atoms with Crippen LogP contribution in [0.15, 0.2) is 36.4 Å². The summed E-state index contributed by atoms with van der Waals surface area (Å²) in [5.41, 5.74) is 3.96. The maximum atomic E-state index is 12.8. The van der Waals surface area contributed by atoms with Crippen molar-refractivity contribution in [2.75, 3.05) is 7.11 Å². The van der Waals surface area contributed by atoms with E-state index in [-0.39, 0.29) is 11.9 Å². The maximum Gasteiger partial charge on any atom is 0.251 e. The quantitative estimate of drug-likeness (QED) is 0.679. The third-order valence-corrected chi connectivity index (χ3v) is 5.86. The molecule has 1 aliphatic rings. The molecule has 0 bridgehead atoms. The lowest BCUT2D eigenvalue weighted by molar-refractivity contribution is 0.0930. The number of methoxy groups -OCH3 is 1. The molecule has 0 unspecified atom stereocenters. The molecule has 2 aromatic rings. The fourth-order valence-corrected chi connectivity index (χ4v) is 3.87. The molecule has 1 N–H and O–H groups in total. The number of amides is 1. The Kier molecular flexibility index (Phi) is 7.56. The number of rotatable bonds is 6. The Morgan fingerprint density at radius 2 is 1.69 bits per heavy atom. The van der Waals surface area contributed by atoms with Crippen molar-refractivity contribution in [3.05, 3.63) is 58.7 Å². The lowest BCUT2D eigenvalue weighted by Gasteiger charge is -2.21. The van der Waals surface area contributed by atoms with Crippen molar-refractivity contribution in [2.24, 2.45) is 0 Å². The van der Waals surface area contributed by atoms with Gasteiger partial charge in [-0.2, -0.15) is 0 Å². The van der Waals surface area contributed by atoms with Crippen LogP contribution in [0.3, 0.4) is 0 Å². The SMILES string of the molecule is COc1ccc(C(=O)NC2CCCCCCC2)cc1COc1ccc(C)c(C)c1. The Hall–Kier alpha value is -2.49. The van der Waals surface area contributed by atoms with Crippen LogP contribution >= 0.6 is 0 Å². The van der Waals surface area contributed by atoms with E-state index in [1.165, 1.54) is 43.2 Å². The molecule has 0 aromatic heterocycles. The van der Waals surface area contributed by atoms with Gasteiger partial charge in [0, 0.05) is 17.2 Å². The van der Waals surface area contributed by atoms with E-state index in [1.54, 1.807) is 7.11 Å². The molecular weight excluding hydrogens is 362 g/mol. The summed E-state index contributed by atoms with van der Waals surface area (Å²) in [5.74, 6) is 1.54. The minimum Gasteiger partial charge on any atom is -0.496 e. The number of carbonyl (C=O) groups is 1. The first kappa shape index (κ1) is 21.2. The Bertz CT molecular complexity index is 823. The topological polar surface area (TPSA) is 47.6 Å². The number of aryl methyl sites for hydroxylation is 2. The molecule has 0 atom stereocenters. The van der Waals surface area contributed by atoms with Gasteiger partial charge in [-0.15, -0.1) is 0 Å². The lowest BCUT2D eigenvalue weighted by Crippen LogP contribution is -2.35. The first-order chi connectivity index (χ1) is 14.1. The highest BCUT2D eigenvalue weighted by molar-refractivity contribution is 5.94. The lowest BCUT2D eigenvalue weighted by atomic mass is 9.96. The van der Waals surface area contributed by atoms with Gasteiger partial charge in [-0.1, -0.05) is 38.2 Å². The zero-order chi connectivity index (χ0) is 20.6. The molecule has 4 nitrogen and oxygen atoms in total. The summed E-state index contributed by atoms with van der Waals surface area (Å²) in [6, 6.07) is 11.9. The van der Waals surface area contributed by atoms with Crippen molar-refractivity contribution < 1.29 is 14.3 Å². The minimum absolute atomic E-state index is 0.00865. The molecular formula is C25H33NO3. The second kappa shape index (κ2) is 10.3. The van der Waals surface area contributed by atoms with Crippen LogP contribution in [0.2, 0.25) is 0 Å². The van der Waals surface area contributed by atoms with Crippen molar-refractivity contribution in [2.45, 2.75) is 71.4 Å². The predicted molar refractivity (Wildman–Crippen MR) is 117 cm³/mol. The number of benzene rings is 2. The predicted octanol–water partition coefficient (Wildman–Crippen LogP) is 5.73. The Labute approximate surface area is 174 Å². The van der Waals surface area contributed by atoms with Crippen LogP contribution < -0.4 is 14.8 Å². The van der Waals surface area contributed by atoms with Crippen molar-refractivity contribution in [3.63, 3.8) is 0 Å².